The Morgan fingerprint density at radius 2 is 2.11 bits per heavy atom. The van der Waals surface area contributed by atoms with Gasteiger partial charge in [-0.05, 0) is 44.4 Å². The smallest absolute Gasteiger partial charge is 0.0396 e. The summed E-state index contributed by atoms with van der Waals surface area (Å²) in [6.45, 7) is 12.4. The van der Waals surface area contributed by atoms with Gasteiger partial charge in [0.25, 0.3) is 0 Å². The lowest BCUT2D eigenvalue weighted by Crippen LogP contribution is -2.48. The number of benzene rings is 1. The van der Waals surface area contributed by atoms with E-state index in [0.29, 0.717) is 6.04 Å². The van der Waals surface area contributed by atoms with Crippen molar-refractivity contribution >= 4 is 5.69 Å². The van der Waals surface area contributed by atoms with Gasteiger partial charge in [-0.25, -0.2) is 0 Å². The molecular weight excluding hydrogens is 220 g/mol. The Labute approximate surface area is 111 Å². The minimum atomic E-state index is 0.692. The van der Waals surface area contributed by atoms with E-state index in [-0.39, 0.29) is 0 Å². The van der Waals surface area contributed by atoms with Crippen molar-refractivity contribution in [3.05, 3.63) is 29.3 Å². The Hall–Kier alpha value is -1.02. The van der Waals surface area contributed by atoms with Crippen molar-refractivity contribution in [3.8, 4) is 0 Å². The van der Waals surface area contributed by atoms with Gasteiger partial charge in [0, 0.05) is 24.8 Å². The van der Waals surface area contributed by atoms with Gasteiger partial charge in [0.1, 0.15) is 0 Å². The van der Waals surface area contributed by atoms with Gasteiger partial charge in [-0.15, -0.1) is 0 Å². The van der Waals surface area contributed by atoms with E-state index in [1.54, 1.807) is 0 Å². The van der Waals surface area contributed by atoms with E-state index >= 15 is 0 Å². The average Bonchev–Trinajstić information content (AvgIpc) is 2.32. The molecule has 1 N–H and O–H groups in total. The predicted molar refractivity (Wildman–Crippen MR) is 79.4 cm³/mol. The van der Waals surface area contributed by atoms with E-state index in [1.165, 1.54) is 36.3 Å². The second-order valence-electron chi connectivity index (χ2n) is 5.67. The van der Waals surface area contributed by atoms with Crippen LogP contribution in [0.15, 0.2) is 18.2 Å². The minimum Gasteiger partial charge on any atom is -0.371 e. The number of rotatable bonds is 3. The number of nitrogens with zero attached hydrogens (tertiary/aromatic N) is 1. The Bertz CT molecular complexity index is 400. The first-order chi connectivity index (χ1) is 8.61. The Morgan fingerprint density at radius 1 is 1.33 bits per heavy atom. The molecule has 1 aliphatic heterocycles. The molecule has 0 bridgehead atoms. The third-order valence-electron chi connectivity index (χ3n) is 4.06. The summed E-state index contributed by atoms with van der Waals surface area (Å²) in [6, 6.07) is 7.49. The van der Waals surface area contributed by atoms with Crippen molar-refractivity contribution < 1.29 is 0 Å². The Morgan fingerprint density at radius 3 is 2.72 bits per heavy atom. The maximum Gasteiger partial charge on any atom is 0.0396 e. The molecule has 1 aromatic carbocycles. The average molecular weight is 246 g/mol. The van der Waals surface area contributed by atoms with Gasteiger partial charge < -0.3 is 10.2 Å². The highest BCUT2D eigenvalue weighted by Gasteiger charge is 2.25. The van der Waals surface area contributed by atoms with Crippen molar-refractivity contribution in [2.45, 2.75) is 40.2 Å². The summed E-state index contributed by atoms with van der Waals surface area (Å²) < 4.78 is 0. The van der Waals surface area contributed by atoms with Gasteiger partial charge >= 0.3 is 0 Å². The summed E-state index contributed by atoms with van der Waals surface area (Å²) in [5, 5.41) is 3.60. The summed E-state index contributed by atoms with van der Waals surface area (Å²) in [4.78, 5) is 2.55. The molecule has 1 heterocycles. The first-order valence-electron chi connectivity index (χ1n) is 7.17. The van der Waals surface area contributed by atoms with Gasteiger partial charge in [-0.1, -0.05) is 31.5 Å². The monoisotopic (exact) mass is 246 g/mol. The highest BCUT2D eigenvalue weighted by molar-refractivity contribution is 5.54. The molecule has 0 aliphatic carbocycles. The van der Waals surface area contributed by atoms with Crippen LogP contribution < -0.4 is 10.2 Å². The fourth-order valence-corrected chi connectivity index (χ4v) is 3.09. The molecule has 100 valence electrons. The summed E-state index contributed by atoms with van der Waals surface area (Å²) in [5.41, 5.74) is 4.18. The quantitative estimate of drug-likeness (QED) is 0.881. The summed E-state index contributed by atoms with van der Waals surface area (Å²) in [7, 11) is 0. The van der Waals surface area contributed by atoms with Gasteiger partial charge in [0.2, 0.25) is 0 Å². The zero-order valence-corrected chi connectivity index (χ0v) is 12.2. The van der Waals surface area contributed by atoms with Crippen LogP contribution >= 0.6 is 0 Å². The molecule has 0 amide bonds. The van der Waals surface area contributed by atoms with Crippen LogP contribution in [-0.2, 0) is 0 Å². The first kappa shape index (κ1) is 13.4. The number of piperidine rings is 1. The van der Waals surface area contributed by atoms with Crippen LogP contribution in [0.4, 0.5) is 5.69 Å². The molecule has 2 atom stereocenters. The van der Waals surface area contributed by atoms with Gasteiger partial charge in [-0.3, -0.25) is 0 Å². The van der Waals surface area contributed by atoms with Crippen LogP contribution in [0.2, 0.25) is 0 Å². The molecule has 1 saturated heterocycles. The molecule has 0 saturated carbocycles. The van der Waals surface area contributed by atoms with E-state index in [2.05, 4.69) is 56.1 Å². The number of hydrogen-bond donors (Lipinski definition) is 1. The molecule has 2 heteroatoms. The first-order valence-corrected chi connectivity index (χ1v) is 7.17. The topological polar surface area (TPSA) is 15.3 Å². The zero-order valence-electron chi connectivity index (χ0n) is 12.2. The Balaban J connectivity index is 2.07. The Kier molecular flexibility index (Phi) is 4.28. The summed E-state index contributed by atoms with van der Waals surface area (Å²) >= 11 is 0. The maximum atomic E-state index is 3.60. The fraction of sp³-hybridized carbons (Fsp3) is 0.625. The van der Waals surface area contributed by atoms with Crippen molar-refractivity contribution in [2.75, 3.05) is 24.5 Å². The van der Waals surface area contributed by atoms with E-state index in [0.717, 1.165) is 12.5 Å². The normalized spacial score (nSPS) is 24.3. The zero-order chi connectivity index (χ0) is 13.1. The lowest BCUT2D eigenvalue weighted by atomic mass is 9.93. The molecule has 2 nitrogen and oxygen atoms in total. The van der Waals surface area contributed by atoms with Gasteiger partial charge in [0.15, 0.2) is 0 Å². The molecule has 0 aromatic heterocycles. The third kappa shape index (κ3) is 2.86. The van der Waals surface area contributed by atoms with Crippen LogP contribution in [0.1, 0.15) is 31.4 Å². The third-order valence-corrected chi connectivity index (χ3v) is 4.06. The predicted octanol–water partition coefficient (Wildman–Crippen LogP) is 3.13. The van der Waals surface area contributed by atoms with E-state index in [9.17, 15) is 0 Å². The van der Waals surface area contributed by atoms with Crippen molar-refractivity contribution in [3.63, 3.8) is 0 Å². The number of nitrogens with one attached hydrogen (secondary N) is 1. The van der Waals surface area contributed by atoms with Crippen LogP contribution in [0.5, 0.6) is 0 Å². The van der Waals surface area contributed by atoms with Crippen LogP contribution in [0.25, 0.3) is 0 Å². The number of hydrogen-bond acceptors (Lipinski definition) is 2. The van der Waals surface area contributed by atoms with E-state index in [1.807, 2.05) is 0 Å². The second-order valence-corrected chi connectivity index (χ2v) is 5.67. The van der Waals surface area contributed by atoms with Gasteiger partial charge in [-0.2, -0.15) is 0 Å². The van der Waals surface area contributed by atoms with Crippen LogP contribution in [0.3, 0.4) is 0 Å². The molecule has 0 radical (unpaired) electrons. The van der Waals surface area contributed by atoms with E-state index < -0.39 is 0 Å². The molecule has 2 unspecified atom stereocenters. The molecule has 1 aliphatic rings. The van der Waals surface area contributed by atoms with Crippen molar-refractivity contribution in [1.82, 2.24) is 5.32 Å². The highest BCUT2D eigenvalue weighted by Crippen LogP contribution is 2.26. The largest absolute Gasteiger partial charge is 0.371 e. The van der Waals surface area contributed by atoms with Crippen LogP contribution in [0, 0.1) is 19.8 Å². The minimum absolute atomic E-state index is 0.692. The summed E-state index contributed by atoms with van der Waals surface area (Å²) in [6.07, 6.45) is 1.25. The van der Waals surface area contributed by atoms with Gasteiger partial charge in [0.05, 0.1) is 0 Å². The molecular formula is C16H26N2. The molecule has 18 heavy (non-hydrogen) atoms. The molecule has 2 rings (SSSR count). The lowest BCUT2D eigenvalue weighted by molar-refractivity contribution is 0.326. The van der Waals surface area contributed by atoms with Crippen LogP contribution in [-0.4, -0.2) is 25.7 Å². The number of aryl methyl sites for hydroxylation is 2. The summed E-state index contributed by atoms with van der Waals surface area (Å²) in [5.74, 6) is 0.722. The SMILES string of the molecule is CCNC1CCN(c2ccc(C)cc2C)CC1C. The molecule has 1 fully saturated rings. The molecule has 0 spiro atoms. The highest BCUT2D eigenvalue weighted by atomic mass is 15.2. The van der Waals surface area contributed by atoms with E-state index in [4.69, 9.17) is 0 Å². The maximum absolute atomic E-state index is 3.60. The second kappa shape index (κ2) is 5.75. The number of anilines is 1. The standard InChI is InChI=1S/C16H26N2/c1-5-17-15-8-9-18(11-14(15)4)16-7-6-12(2)10-13(16)3/h6-7,10,14-15,17H,5,8-9,11H2,1-4H3. The van der Waals surface area contributed by atoms with Crippen molar-refractivity contribution in [1.29, 1.82) is 0 Å². The van der Waals surface area contributed by atoms with Crippen molar-refractivity contribution in [2.24, 2.45) is 5.92 Å². The lowest BCUT2D eigenvalue weighted by Gasteiger charge is -2.39. The molecule has 1 aromatic rings. The fourth-order valence-electron chi connectivity index (χ4n) is 3.09.